The number of hydrogen-bond acceptors (Lipinski definition) is 5. The zero-order valence-electron chi connectivity index (χ0n) is 9.87. The van der Waals surface area contributed by atoms with Crippen LogP contribution in [0.4, 0.5) is 0 Å². The smallest absolute Gasteiger partial charge is 0.218 e. The van der Waals surface area contributed by atoms with Gasteiger partial charge in [-0.05, 0) is 13.5 Å². The molecule has 17 heavy (non-hydrogen) atoms. The molecule has 0 aliphatic carbocycles. The summed E-state index contributed by atoms with van der Waals surface area (Å²) in [6.45, 7) is 2.35. The van der Waals surface area contributed by atoms with Crippen LogP contribution >= 0.6 is 0 Å². The molecule has 0 N–H and O–H groups in total. The van der Waals surface area contributed by atoms with E-state index in [1.54, 1.807) is 0 Å². The van der Waals surface area contributed by atoms with Crippen molar-refractivity contribution in [2.45, 2.75) is 11.7 Å². The van der Waals surface area contributed by atoms with Crippen LogP contribution in [0, 0.1) is 0 Å². The van der Waals surface area contributed by atoms with Crippen molar-refractivity contribution >= 4 is 19.9 Å². The molecule has 0 bridgehead atoms. The summed E-state index contributed by atoms with van der Waals surface area (Å²) in [5, 5.41) is -0.726. The Morgan fingerprint density at radius 2 is 1.71 bits per heavy atom. The maximum absolute atomic E-state index is 12.2. The highest BCUT2D eigenvalue weighted by Gasteiger charge is 2.40. The maximum atomic E-state index is 12.2. The third-order valence-electron chi connectivity index (χ3n) is 3.43. The summed E-state index contributed by atoms with van der Waals surface area (Å²) in [6.07, 6.45) is 0.247. The van der Waals surface area contributed by atoms with Crippen molar-refractivity contribution < 1.29 is 16.8 Å². The predicted molar refractivity (Wildman–Crippen MR) is 65.0 cm³/mol. The molecular formula is C9H18N2O4S2. The lowest BCUT2D eigenvalue weighted by atomic mass is 10.4. The average molecular weight is 282 g/mol. The van der Waals surface area contributed by atoms with Crippen LogP contribution in [-0.2, 0) is 19.9 Å². The highest BCUT2D eigenvalue weighted by molar-refractivity contribution is 7.95. The van der Waals surface area contributed by atoms with Gasteiger partial charge in [-0.15, -0.1) is 0 Å². The number of sulfone groups is 1. The molecule has 2 fully saturated rings. The number of rotatable bonds is 2. The minimum absolute atomic E-state index is 0.00460. The second-order valence-corrected chi connectivity index (χ2v) is 9.21. The molecular weight excluding hydrogens is 264 g/mol. The molecule has 2 aliphatic heterocycles. The van der Waals surface area contributed by atoms with Gasteiger partial charge in [0.05, 0.1) is 16.8 Å². The van der Waals surface area contributed by atoms with Gasteiger partial charge in [-0.3, -0.25) is 0 Å². The zero-order valence-corrected chi connectivity index (χ0v) is 11.5. The first kappa shape index (κ1) is 13.3. The molecule has 0 aromatic carbocycles. The van der Waals surface area contributed by atoms with Gasteiger partial charge in [-0.25, -0.2) is 16.8 Å². The summed E-state index contributed by atoms with van der Waals surface area (Å²) in [7, 11) is -4.62. The second kappa shape index (κ2) is 4.49. The van der Waals surface area contributed by atoms with E-state index >= 15 is 0 Å². The molecule has 2 aliphatic rings. The van der Waals surface area contributed by atoms with Gasteiger partial charge < -0.3 is 4.90 Å². The van der Waals surface area contributed by atoms with Crippen molar-refractivity contribution in [1.82, 2.24) is 9.21 Å². The third-order valence-corrected chi connectivity index (χ3v) is 7.74. The normalized spacial score (nSPS) is 31.7. The Morgan fingerprint density at radius 3 is 2.18 bits per heavy atom. The van der Waals surface area contributed by atoms with E-state index in [0.29, 0.717) is 26.2 Å². The fourth-order valence-electron chi connectivity index (χ4n) is 2.25. The van der Waals surface area contributed by atoms with Crippen LogP contribution in [0.2, 0.25) is 0 Å². The number of likely N-dealkylation sites (N-methyl/N-ethyl adjacent to an activating group) is 1. The first-order chi connectivity index (χ1) is 7.81. The lowest BCUT2D eigenvalue weighted by Gasteiger charge is -2.33. The summed E-state index contributed by atoms with van der Waals surface area (Å²) in [4.78, 5) is 2.07. The van der Waals surface area contributed by atoms with Crippen LogP contribution < -0.4 is 0 Å². The van der Waals surface area contributed by atoms with Gasteiger partial charge >= 0.3 is 0 Å². The van der Waals surface area contributed by atoms with E-state index in [4.69, 9.17) is 0 Å². The van der Waals surface area contributed by atoms with Crippen LogP contribution in [0.3, 0.4) is 0 Å². The molecule has 0 saturated carbocycles. The molecule has 2 rings (SSSR count). The van der Waals surface area contributed by atoms with Crippen LogP contribution in [0.25, 0.3) is 0 Å². The molecule has 0 aromatic heterocycles. The van der Waals surface area contributed by atoms with E-state index in [-0.39, 0.29) is 17.9 Å². The summed E-state index contributed by atoms with van der Waals surface area (Å²) < 4.78 is 48.6. The second-order valence-electron chi connectivity index (χ2n) is 4.77. The first-order valence-electron chi connectivity index (χ1n) is 5.69. The molecule has 8 heteroatoms. The molecule has 100 valence electrons. The molecule has 0 spiro atoms. The SMILES string of the molecule is CN1CCN(S(=O)(=O)[C@H]2CCS(=O)(=O)C2)CC1. The van der Waals surface area contributed by atoms with Crippen molar-refractivity contribution in [3.63, 3.8) is 0 Å². The Balaban J connectivity index is 2.09. The summed E-state index contributed by atoms with van der Waals surface area (Å²) in [6, 6.07) is 0. The fraction of sp³-hybridized carbons (Fsp3) is 1.00. The van der Waals surface area contributed by atoms with Gasteiger partial charge in [0.15, 0.2) is 9.84 Å². The minimum Gasteiger partial charge on any atom is -0.304 e. The fourth-order valence-corrected chi connectivity index (χ4v) is 6.76. The van der Waals surface area contributed by atoms with Crippen molar-refractivity contribution in [3.8, 4) is 0 Å². The average Bonchev–Trinajstić information content (AvgIpc) is 2.60. The maximum Gasteiger partial charge on any atom is 0.218 e. The van der Waals surface area contributed by atoms with E-state index in [1.165, 1.54) is 4.31 Å². The van der Waals surface area contributed by atoms with Crippen LogP contribution in [0.5, 0.6) is 0 Å². The van der Waals surface area contributed by atoms with Gasteiger partial charge in [0.2, 0.25) is 10.0 Å². The van der Waals surface area contributed by atoms with Crippen LogP contribution in [0.1, 0.15) is 6.42 Å². The van der Waals surface area contributed by atoms with E-state index in [1.807, 2.05) is 7.05 Å². The summed E-state index contributed by atoms with van der Waals surface area (Å²) >= 11 is 0. The van der Waals surface area contributed by atoms with Crippen molar-refractivity contribution in [1.29, 1.82) is 0 Å². The lowest BCUT2D eigenvalue weighted by Crippen LogP contribution is -2.50. The number of sulfonamides is 1. The van der Waals surface area contributed by atoms with Crippen molar-refractivity contribution in [2.75, 3.05) is 44.7 Å². The molecule has 0 radical (unpaired) electrons. The first-order valence-corrected chi connectivity index (χ1v) is 9.02. The zero-order chi connectivity index (χ0) is 12.7. The molecule has 2 heterocycles. The minimum atomic E-state index is -3.43. The molecule has 6 nitrogen and oxygen atoms in total. The van der Waals surface area contributed by atoms with E-state index in [0.717, 1.165) is 0 Å². The van der Waals surface area contributed by atoms with Gasteiger partial charge in [-0.2, -0.15) is 4.31 Å². The Hall–Kier alpha value is -0.180. The van der Waals surface area contributed by atoms with Gasteiger partial charge in [0.1, 0.15) is 0 Å². The molecule has 0 unspecified atom stereocenters. The Morgan fingerprint density at radius 1 is 1.12 bits per heavy atom. The van der Waals surface area contributed by atoms with Gasteiger partial charge in [-0.1, -0.05) is 0 Å². The monoisotopic (exact) mass is 282 g/mol. The lowest BCUT2D eigenvalue weighted by molar-refractivity contribution is 0.221. The Kier molecular flexibility index (Phi) is 3.50. The van der Waals surface area contributed by atoms with E-state index < -0.39 is 25.1 Å². The Labute approximate surface area is 103 Å². The molecule has 0 aromatic rings. The molecule has 2 saturated heterocycles. The molecule has 1 atom stereocenters. The summed E-state index contributed by atoms with van der Waals surface area (Å²) in [5.41, 5.74) is 0. The standard InChI is InChI=1S/C9H18N2O4S2/c1-10-3-5-11(6-4-10)17(14,15)9-2-7-16(12,13)8-9/h9H,2-8H2,1H3/t9-/m0/s1. The molecule has 0 amide bonds. The van der Waals surface area contributed by atoms with Gasteiger partial charge in [0, 0.05) is 26.2 Å². The van der Waals surface area contributed by atoms with Crippen LogP contribution in [-0.4, -0.2) is 76.0 Å². The number of nitrogens with zero attached hydrogens (tertiary/aromatic N) is 2. The van der Waals surface area contributed by atoms with Crippen molar-refractivity contribution in [3.05, 3.63) is 0 Å². The Bertz CT molecular complexity index is 477. The third kappa shape index (κ3) is 2.81. The predicted octanol–water partition coefficient (Wildman–Crippen LogP) is -1.25. The summed E-state index contributed by atoms with van der Waals surface area (Å²) in [5.74, 6) is -0.202. The number of piperazine rings is 1. The topological polar surface area (TPSA) is 74.8 Å². The van der Waals surface area contributed by atoms with Gasteiger partial charge in [0.25, 0.3) is 0 Å². The van der Waals surface area contributed by atoms with E-state index in [9.17, 15) is 16.8 Å². The highest BCUT2D eigenvalue weighted by atomic mass is 32.2. The van der Waals surface area contributed by atoms with Crippen LogP contribution in [0.15, 0.2) is 0 Å². The highest BCUT2D eigenvalue weighted by Crippen LogP contribution is 2.22. The van der Waals surface area contributed by atoms with Crippen molar-refractivity contribution in [2.24, 2.45) is 0 Å². The largest absolute Gasteiger partial charge is 0.304 e. The van der Waals surface area contributed by atoms with E-state index in [2.05, 4.69) is 4.90 Å². The quantitative estimate of drug-likeness (QED) is 0.633. The number of hydrogen-bond donors (Lipinski definition) is 0.